The Labute approximate surface area is 109 Å². The SMILES string of the molecule is O=C(CCNS(=O)(=O)c1ccc(C(=O)O)cc1)NO. The highest BCUT2D eigenvalue weighted by Gasteiger charge is 2.14. The van der Waals surface area contributed by atoms with Crippen molar-refractivity contribution in [1.29, 1.82) is 0 Å². The van der Waals surface area contributed by atoms with Gasteiger partial charge in [0.1, 0.15) is 0 Å². The van der Waals surface area contributed by atoms with Crippen molar-refractivity contribution in [2.75, 3.05) is 6.54 Å². The van der Waals surface area contributed by atoms with Crippen LogP contribution in [0, 0.1) is 0 Å². The van der Waals surface area contributed by atoms with Gasteiger partial charge in [-0.25, -0.2) is 23.4 Å². The number of nitrogens with one attached hydrogen (secondary N) is 2. The number of carboxylic acids is 1. The van der Waals surface area contributed by atoms with Crippen LogP contribution in [-0.4, -0.2) is 37.2 Å². The van der Waals surface area contributed by atoms with Crippen LogP contribution in [0.25, 0.3) is 0 Å². The third-order valence-corrected chi connectivity index (χ3v) is 3.66. The molecule has 0 aliphatic heterocycles. The first-order chi connectivity index (χ1) is 8.86. The minimum absolute atomic E-state index is 0.0291. The van der Waals surface area contributed by atoms with Crippen LogP contribution in [0.15, 0.2) is 29.2 Å². The van der Waals surface area contributed by atoms with Gasteiger partial charge in [0.2, 0.25) is 15.9 Å². The van der Waals surface area contributed by atoms with E-state index in [0.717, 1.165) is 24.3 Å². The van der Waals surface area contributed by atoms with Gasteiger partial charge in [-0.3, -0.25) is 10.0 Å². The molecule has 0 aromatic heterocycles. The molecule has 1 amide bonds. The Kier molecular flexibility index (Phi) is 4.98. The molecule has 0 spiro atoms. The van der Waals surface area contributed by atoms with Crippen molar-refractivity contribution < 1.29 is 28.3 Å². The van der Waals surface area contributed by atoms with Crippen molar-refractivity contribution in [2.24, 2.45) is 0 Å². The molecule has 0 aliphatic carbocycles. The molecule has 0 radical (unpaired) electrons. The summed E-state index contributed by atoms with van der Waals surface area (Å²) in [5, 5.41) is 16.9. The number of hydroxylamine groups is 1. The van der Waals surface area contributed by atoms with Crippen molar-refractivity contribution in [3.05, 3.63) is 29.8 Å². The van der Waals surface area contributed by atoms with Gasteiger partial charge in [-0.05, 0) is 24.3 Å². The first kappa shape index (κ1) is 15.1. The molecule has 0 saturated heterocycles. The van der Waals surface area contributed by atoms with E-state index in [2.05, 4.69) is 4.72 Å². The molecule has 1 rings (SSSR count). The highest BCUT2D eigenvalue weighted by Crippen LogP contribution is 2.10. The smallest absolute Gasteiger partial charge is 0.335 e. The second-order valence-electron chi connectivity index (χ2n) is 3.51. The Morgan fingerprint density at radius 1 is 1.16 bits per heavy atom. The van der Waals surface area contributed by atoms with Crippen molar-refractivity contribution in [1.82, 2.24) is 10.2 Å². The van der Waals surface area contributed by atoms with E-state index in [9.17, 15) is 18.0 Å². The average molecular weight is 288 g/mol. The van der Waals surface area contributed by atoms with Gasteiger partial charge in [0, 0.05) is 13.0 Å². The van der Waals surface area contributed by atoms with E-state index in [0.29, 0.717) is 0 Å². The minimum Gasteiger partial charge on any atom is -0.478 e. The van der Waals surface area contributed by atoms with Gasteiger partial charge in [0.15, 0.2) is 0 Å². The van der Waals surface area contributed by atoms with Crippen LogP contribution in [0.4, 0.5) is 0 Å². The third kappa shape index (κ3) is 4.32. The Balaban J connectivity index is 2.72. The average Bonchev–Trinajstić information content (AvgIpc) is 2.38. The highest BCUT2D eigenvalue weighted by atomic mass is 32.2. The fraction of sp³-hybridized carbons (Fsp3) is 0.200. The Bertz CT molecular complexity index is 566. The van der Waals surface area contributed by atoms with Crippen molar-refractivity contribution >= 4 is 21.9 Å². The standard InChI is InChI=1S/C10H12N2O6S/c13-9(12-16)5-6-11-19(17,18)8-3-1-7(2-4-8)10(14)15/h1-4,11,16H,5-6H2,(H,12,13)(H,14,15). The maximum Gasteiger partial charge on any atom is 0.335 e. The number of sulfonamides is 1. The Morgan fingerprint density at radius 2 is 1.74 bits per heavy atom. The van der Waals surface area contributed by atoms with E-state index in [1.807, 2.05) is 0 Å². The molecule has 1 aromatic rings. The lowest BCUT2D eigenvalue weighted by molar-refractivity contribution is -0.129. The number of hydrogen-bond donors (Lipinski definition) is 4. The summed E-state index contributed by atoms with van der Waals surface area (Å²) in [7, 11) is -3.81. The molecule has 0 heterocycles. The molecule has 0 unspecified atom stereocenters. The molecule has 4 N–H and O–H groups in total. The van der Waals surface area contributed by atoms with Gasteiger partial charge in [-0.2, -0.15) is 0 Å². The highest BCUT2D eigenvalue weighted by molar-refractivity contribution is 7.89. The number of amides is 1. The van der Waals surface area contributed by atoms with Crippen molar-refractivity contribution in [2.45, 2.75) is 11.3 Å². The summed E-state index contributed by atoms with van der Waals surface area (Å²) in [4.78, 5) is 21.2. The molecular weight excluding hydrogens is 276 g/mol. The van der Waals surface area contributed by atoms with E-state index in [1.165, 1.54) is 5.48 Å². The number of benzene rings is 1. The zero-order chi connectivity index (χ0) is 14.5. The van der Waals surface area contributed by atoms with Crippen molar-refractivity contribution in [3.63, 3.8) is 0 Å². The molecule has 0 saturated carbocycles. The molecule has 9 heteroatoms. The normalized spacial score (nSPS) is 11.0. The zero-order valence-electron chi connectivity index (χ0n) is 9.66. The van der Waals surface area contributed by atoms with E-state index < -0.39 is 21.9 Å². The topological polar surface area (TPSA) is 133 Å². The Morgan fingerprint density at radius 3 is 2.21 bits per heavy atom. The number of hydrogen-bond acceptors (Lipinski definition) is 5. The monoisotopic (exact) mass is 288 g/mol. The first-order valence-electron chi connectivity index (χ1n) is 5.13. The Hall–Kier alpha value is -1.97. The molecule has 8 nitrogen and oxygen atoms in total. The van der Waals surface area contributed by atoms with Gasteiger partial charge < -0.3 is 5.11 Å². The molecule has 1 aromatic carbocycles. The van der Waals surface area contributed by atoms with Gasteiger partial charge >= 0.3 is 5.97 Å². The van der Waals surface area contributed by atoms with Crippen LogP contribution >= 0.6 is 0 Å². The molecule has 0 atom stereocenters. The molecule has 104 valence electrons. The van der Waals surface area contributed by atoms with Crippen LogP contribution in [0.3, 0.4) is 0 Å². The first-order valence-corrected chi connectivity index (χ1v) is 6.61. The predicted molar refractivity (Wildman–Crippen MR) is 63.1 cm³/mol. The van der Waals surface area contributed by atoms with Crippen LogP contribution < -0.4 is 10.2 Å². The number of rotatable bonds is 6. The number of carboxylic acid groups (broad SMARTS) is 1. The van der Waals surface area contributed by atoms with Gasteiger partial charge in [-0.1, -0.05) is 0 Å². The maximum absolute atomic E-state index is 11.7. The number of carbonyl (C=O) groups excluding carboxylic acids is 1. The van der Waals surface area contributed by atoms with Gasteiger partial charge in [0.05, 0.1) is 10.5 Å². The maximum atomic E-state index is 11.7. The summed E-state index contributed by atoms with van der Waals surface area (Å²) >= 11 is 0. The molecule has 19 heavy (non-hydrogen) atoms. The molecule has 0 fully saturated rings. The van der Waals surface area contributed by atoms with E-state index in [-0.39, 0.29) is 23.4 Å². The summed E-state index contributed by atoms with van der Waals surface area (Å²) in [5.41, 5.74) is 1.34. The third-order valence-electron chi connectivity index (χ3n) is 2.18. The minimum atomic E-state index is -3.81. The van der Waals surface area contributed by atoms with Gasteiger partial charge in [-0.15, -0.1) is 0 Å². The summed E-state index contributed by atoms with van der Waals surface area (Å²) in [5.74, 6) is -1.87. The van der Waals surface area contributed by atoms with Crippen LogP contribution in [0.1, 0.15) is 16.8 Å². The number of aromatic carboxylic acids is 1. The van der Waals surface area contributed by atoms with Crippen LogP contribution in [0.2, 0.25) is 0 Å². The van der Waals surface area contributed by atoms with Crippen LogP contribution in [-0.2, 0) is 14.8 Å². The van der Waals surface area contributed by atoms with E-state index in [4.69, 9.17) is 10.3 Å². The second-order valence-corrected chi connectivity index (χ2v) is 5.28. The lowest BCUT2D eigenvalue weighted by atomic mass is 10.2. The summed E-state index contributed by atoms with van der Waals surface area (Å²) in [6.45, 7) is -0.185. The largest absolute Gasteiger partial charge is 0.478 e. The van der Waals surface area contributed by atoms with Gasteiger partial charge in [0.25, 0.3) is 0 Å². The lowest BCUT2D eigenvalue weighted by Crippen LogP contribution is -2.29. The molecule has 0 bridgehead atoms. The van der Waals surface area contributed by atoms with Crippen LogP contribution in [0.5, 0.6) is 0 Å². The summed E-state index contributed by atoms with van der Waals surface area (Å²) < 4.78 is 25.6. The molecule has 0 aliphatic rings. The summed E-state index contributed by atoms with van der Waals surface area (Å²) in [6, 6.07) is 4.63. The fourth-order valence-corrected chi connectivity index (χ4v) is 2.25. The van der Waals surface area contributed by atoms with E-state index >= 15 is 0 Å². The lowest BCUT2D eigenvalue weighted by Gasteiger charge is -2.06. The number of carbonyl (C=O) groups is 2. The quantitative estimate of drug-likeness (QED) is 0.414. The molecular formula is C10H12N2O6S. The van der Waals surface area contributed by atoms with E-state index in [1.54, 1.807) is 0 Å². The fourth-order valence-electron chi connectivity index (χ4n) is 1.21. The van der Waals surface area contributed by atoms with Crippen molar-refractivity contribution in [3.8, 4) is 0 Å². The second kappa shape index (κ2) is 6.27. The predicted octanol–water partition coefficient (Wildman–Crippen LogP) is -0.441. The summed E-state index contributed by atoms with van der Waals surface area (Å²) in [6.07, 6.45) is -0.219. The zero-order valence-corrected chi connectivity index (χ0v) is 10.5.